The van der Waals surface area contributed by atoms with E-state index in [-0.39, 0.29) is 5.91 Å². The highest BCUT2D eigenvalue weighted by molar-refractivity contribution is 5.90. The van der Waals surface area contributed by atoms with Crippen LogP contribution >= 0.6 is 0 Å². The lowest BCUT2D eigenvalue weighted by atomic mass is 10.0. The summed E-state index contributed by atoms with van der Waals surface area (Å²) in [5.74, 6) is 0.944. The molecule has 2 rings (SSSR count). The summed E-state index contributed by atoms with van der Waals surface area (Å²) in [5, 5.41) is 2.95. The number of aryl methyl sites for hydroxylation is 3. The van der Waals surface area contributed by atoms with Crippen LogP contribution in [0.5, 0.6) is 5.75 Å². The van der Waals surface area contributed by atoms with Gasteiger partial charge in [0.05, 0.1) is 7.11 Å². The van der Waals surface area contributed by atoms with Crippen LogP contribution in [0.3, 0.4) is 0 Å². The summed E-state index contributed by atoms with van der Waals surface area (Å²) in [5.41, 5.74) is 4.62. The zero-order valence-electron chi connectivity index (χ0n) is 14.2. The van der Waals surface area contributed by atoms with Gasteiger partial charge in [-0.05, 0) is 67.1 Å². The standard InChI is InChI=1S/C20H25NO2/c1-4-16-8-11-18(12-9-16)21-20(22)7-5-6-17-10-13-19(23-3)14-15(17)2/h8-14H,4-7H2,1-3H3,(H,21,22). The number of carbonyl (C=O) groups is 1. The molecule has 0 aliphatic rings. The summed E-state index contributed by atoms with van der Waals surface area (Å²) in [6.45, 7) is 4.20. The highest BCUT2D eigenvalue weighted by Gasteiger charge is 2.05. The van der Waals surface area contributed by atoms with Crippen molar-refractivity contribution in [3.05, 3.63) is 59.2 Å². The van der Waals surface area contributed by atoms with Crippen molar-refractivity contribution in [3.63, 3.8) is 0 Å². The molecule has 2 aromatic rings. The van der Waals surface area contributed by atoms with Crippen LogP contribution in [0, 0.1) is 6.92 Å². The summed E-state index contributed by atoms with van der Waals surface area (Å²) in [6.07, 6.45) is 3.28. The number of hydrogen-bond acceptors (Lipinski definition) is 2. The summed E-state index contributed by atoms with van der Waals surface area (Å²) >= 11 is 0. The number of ether oxygens (including phenoxy) is 1. The van der Waals surface area contributed by atoms with Crippen molar-refractivity contribution in [3.8, 4) is 5.75 Å². The molecule has 0 saturated heterocycles. The van der Waals surface area contributed by atoms with Crippen molar-refractivity contribution in [1.82, 2.24) is 0 Å². The first-order valence-electron chi connectivity index (χ1n) is 8.14. The Hall–Kier alpha value is -2.29. The van der Waals surface area contributed by atoms with Crippen molar-refractivity contribution < 1.29 is 9.53 Å². The van der Waals surface area contributed by atoms with Gasteiger partial charge < -0.3 is 10.1 Å². The molecule has 1 amide bonds. The number of benzene rings is 2. The minimum atomic E-state index is 0.0698. The molecular weight excluding hydrogens is 286 g/mol. The van der Waals surface area contributed by atoms with Crippen molar-refractivity contribution in [2.24, 2.45) is 0 Å². The first-order chi connectivity index (χ1) is 11.1. The maximum atomic E-state index is 12.0. The number of rotatable bonds is 7. The van der Waals surface area contributed by atoms with Gasteiger partial charge in [-0.2, -0.15) is 0 Å². The largest absolute Gasteiger partial charge is 0.497 e. The molecule has 0 heterocycles. The second-order valence-corrected chi connectivity index (χ2v) is 5.74. The quantitative estimate of drug-likeness (QED) is 0.816. The maximum Gasteiger partial charge on any atom is 0.224 e. The SMILES string of the molecule is CCc1ccc(NC(=O)CCCc2ccc(OC)cc2C)cc1. The third-order valence-electron chi connectivity index (χ3n) is 4.05. The van der Waals surface area contributed by atoms with Gasteiger partial charge in [0.15, 0.2) is 0 Å². The van der Waals surface area contributed by atoms with Gasteiger partial charge in [0.25, 0.3) is 0 Å². The number of methoxy groups -OCH3 is 1. The van der Waals surface area contributed by atoms with Crippen LogP contribution in [0.2, 0.25) is 0 Å². The van der Waals surface area contributed by atoms with Crippen LogP contribution in [0.15, 0.2) is 42.5 Å². The van der Waals surface area contributed by atoms with Crippen molar-refractivity contribution in [2.45, 2.75) is 39.5 Å². The Bertz CT molecular complexity index is 647. The van der Waals surface area contributed by atoms with Crippen LogP contribution in [0.25, 0.3) is 0 Å². The van der Waals surface area contributed by atoms with Gasteiger partial charge >= 0.3 is 0 Å². The lowest BCUT2D eigenvalue weighted by Gasteiger charge is -2.09. The smallest absolute Gasteiger partial charge is 0.224 e. The summed E-state index contributed by atoms with van der Waals surface area (Å²) < 4.78 is 5.21. The van der Waals surface area contributed by atoms with Crippen LogP contribution in [-0.4, -0.2) is 13.0 Å². The fourth-order valence-electron chi connectivity index (χ4n) is 2.56. The molecule has 0 spiro atoms. The molecule has 0 saturated carbocycles. The fourth-order valence-corrected chi connectivity index (χ4v) is 2.56. The van der Waals surface area contributed by atoms with E-state index in [9.17, 15) is 4.79 Å². The molecule has 122 valence electrons. The Morgan fingerprint density at radius 2 is 1.87 bits per heavy atom. The Morgan fingerprint density at radius 3 is 2.48 bits per heavy atom. The molecule has 3 heteroatoms. The van der Waals surface area contributed by atoms with E-state index in [2.05, 4.69) is 37.4 Å². The van der Waals surface area contributed by atoms with Crippen molar-refractivity contribution in [2.75, 3.05) is 12.4 Å². The third kappa shape index (κ3) is 5.13. The minimum Gasteiger partial charge on any atom is -0.497 e. The average molecular weight is 311 g/mol. The summed E-state index contributed by atoms with van der Waals surface area (Å²) in [4.78, 5) is 12.0. The van der Waals surface area contributed by atoms with Gasteiger partial charge in [0.2, 0.25) is 5.91 Å². The van der Waals surface area contributed by atoms with E-state index in [1.54, 1.807) is 7.11 Å². The monoisotopic (exact) mass is 311 g/mol. The molecule has 0 aliphatic carbocycles. The van der Waals surface area contributed by atoms with E-state index in [4.69, 9.17) is 4.74 Å². The fraction of sp³-hybridized carbons (Fsp3) is 0.350. The molecule has 0 radical (unpaired) electrons. The predicted molar refractivity (Wildman–Crippen MR) is 95.1 cm³/mol. The normalized spacial score (nSPS) is 10.4. The Labute approximate surface area is 138 Å². The summed E-state index contributed by atoms with van der Waals surface area (Å²) in [7, 11) is 1.67. The Kier molecular flexibility index (Phi) is 6.21. The number of hydrogen-bond donors (Lipinski definition) is 1. The Balaban J connectivity index is 1.80. The van der Waals surface area contributed by atoms with Crippen LogP contribution < -0.4 is 10.1 Å². The van der Waals surface area contributed by atoms with Gasteiger partial charge in [0.1, 0.15) is 5.75 Å². The molecule has 0 aliphatic heterocycles. The van der Waals surface area contributed by atoms with Gasteiger partial charge in [0, 0.05) is 12.1 Å². The zero-order valence-corrected chi connectivity index (χ0v) is 14.2. The highest BCUT2D eigenvalue weighted by Crippen LogP contribution is 2.18. The molecule has 0 aromatic heterocycles. The van der Waals surface area contributed by atoms with Gasteiger partial charge in [-0.3, -0.25) is 4.79 Å². The highest BCUT2D eigenvalue weighted by atomic mass is 16.5. The summed E-state index contributed by atoms with van der Waals surface area (Å²) in [6, 6.07) is 14.1. The lowest BCUT2D eigenvalue weighted by molar-refractivity contribution is -0.116. The molecule has 3 nitrogen and oxygen atoms in total. The van der Waals surface area contributed by atoms with E-state index in [0.29, 0.717) is 6.42 Å². The van der Waals surface area contributed by atoms with E-state index < -0.39 is 0 Å². The maximum absolute atomic E-state index is 12.0. The number of anilines is 1. The van der Waals surface area contributed by atoms with E-state index in [1.165, 1.54) is 16.7 Å². The molecular formula is C20H25NO2. The van der Waals surface area contributed by atoms with Crippen LogP contribution in [0.4, 0.5) is 5.69 Å². The van der Waals surface area contributed by atoms with E-state index in [1.807, 2.05) is 24.3 Å². The minimum absolute atomic E-state index is 0.0698. The predicted octanol–water partition coefficient (Wildman–Crippen LogP) is 4.53. The van der Waals surface area contributed by atoms with Crippen molar-refractivity contribution >= 4 is 11.6 Å². The first-order valence-corrected chi connectivity index (χ1v) is 8.14. The van der Waals surface area contributed by atoms with Crippen molar-refractivity contribution in [1.29, 1.82) is 0 Å². The average Bonchev–Trinajstić information content (AvgIpc) is 2.57. The lowest BCUT2D eigenvalue weighted by Crippen LogP contribution is -2.11. The second kappa shape index (κ2) is 8.37. The van der Waals surface area contributed by atoms with E-state index in [0.717, 1.165) is 30.7 Å². The van der Waals surface area contributed by atoms with Gasteiger partial charge in [-0.25, -0.2) is 0 Å². The molecule has 2 aromatic carbocycles. The topological polar surface area (TPSA) is 38.3 Å². The molecule has 1 N–H and O–H groups in total. The van der Waals surface area contributed by atoms with Crippen LogP contribution in [-0.2, 0) is 17.6 Å². The third-order valence-corrected chi connectivity index (χ3v) is 4.05. The zero-order chi connectivity index (χ0) is 16.7. The molecule has 0 atom stereocenters. The van der Waals surface area contributed by atoms with Gasteiger partial charge in [-0.15, -0.1) is 0 Å². The number of amides is 1. The number of carbonyl (C=O) groups excluding carboxylic acids is 1. The molecule has 0 bridgehead atoms. The molecule has 23 heavy (non-hydrogen) atoms. The Morgan fingerprint density at radius 1 is 1.13 bits per heavy atom. The molecule has 0 fully saturated rings. The number of nitrogens with one attached hydrogen (secondary N) is 1. The second-order valence-electron chi connectivity index (χ2n) is 5.74. The molecule has 0 unspecified atom stereocenters. The van der Waals surface area contributed by atoms with Gasteiger partial charge in [-0.1, -0.05) is 25.1 Å². The first kappa shape index (κ1) is 17.1. The van der Waals surface area contributed by atoms with Crippen LogP contribution in [0.1, 0.15) is 36.5 Å². The van der Waals surface area contributed by atoms with E-state index >= 15 is 0 Å².